The molecule has 2 atom stereocenters. The number of anilines is 1. The Morgan fingerprint density at radius 3 is 2.80 bits per heavy atom. The van der Waals surface area contributed by atoms with Gasteiger partial charge in [0, 0.05) is 28.4 Å². The van der Waals surface area contributed by atoms with Gasteiger partial charge in [-0.3, -0.25) is 14.5 Å². The van der Waals surface area contributed by atoms with Crippen LogP contribution in [0.4, 0.5) is 5.69 Å². The van der Waals surface area contributed by atoms with Gasteiger partial charge in [-0.1, -0.05) is 48.0 Å². The number of ether oxygens (including phenoxy) is 2. The van der Waals surface area contributed by atoms with Gasteiger partial charge < -0.3 is 14.4 Å². The first-order valence-corrected chi connectivity index (χ1v) is 16.7. The van der Waals surface area contributed by atoms with Gasteiger partial charge in [-0.25, -0.2) is 15.5 Å². The number of halogens is 1. The molecule has 216 valence electrons. The first-order chi connectivity index (χ1) is 19.1. The van der Waals surface area contributed by atoms with Crippen molar-refractivity contribution in [3.05, 3.63) is 71.3 Å². The van der Waals surface area contributed by atoms with Gasteiger partial charge in [0.25, 0.3) is 5.91 Å². The zero-order chi connectivity index (χ0) is 28.9. The molecule has 1 N–H and O–H groups in total. The molecule has 1 fully saturated rings. The summed E-state index contributed by atoms with van der Waals surface area (Å²) in [7, 11) is -0.742. The number of carbonyl (C=O) groups is 2. The normalized spacial score (nSPS) is 19.3. The van der Waals surface area contributed by atoms with Crippen molar-refractivity contribution in [3.63, 3.8) is 0 Å². The molecule has 0 bridgehead atoms. The van der Waals surface area contributed by atoms with Gasteiger partial charge in [-0.2, -0.15) is 5.10 Å². The standard InChI is InChI=1S/C30H39ClN4O4S/c1-6-14-39-26-12-10-21(2)17-25(26)29-24(11-13-27-32-33-28(36)19-34(27)29)30(37)35(20-38-15-16-40(3,4)5)23-9-7-8-22(31)18-23/h6-10,12,17-18,24,29H,1,11,13-16,19-20H2,2-5H3,(H,33,36)/t24?,29-/m0/s1. The summed E-state index contributed by atoms with van der Waals surface area (Å²) >= 11 is 6.35. The molecule has 8 nitrogen and oxygen atoms in total. The van der Waals surface area contributed by atoms with E-state index in [0.717, 1.165) is 22.7 Å². The second kappa shape index (κ2) is 13.1. The Balaban J connectivity index is 1.74. The monoisotopic (exact) mass is 586 g/mol. The number of benzene rings is 2. The number of nitrogens with one attached hydrogen (secondary N) is 1. The molecule has 2 heterocycles. The number of amides is 2. The van der Waals surface area contributed by atoms with Crippen LogP contribution in [0.25, 0.3) is 0 Å². The van der Waals surface area contributed by atoms with E-state index in [-0.39, 0.29) is 25.1 Å². The lowest BCUT2D eigenvalue weighted by Crippen LogP contribution is -2.54. The molecule has 1 unspecified atom stereocenters. The van der Waals surface area contributed by atoms with Gasteiger partial charge in [-0.15, -0.1) is 0 Å². The van der Waals surface area contributed by atoms with Crippen LogP contribution in [0.3, 0.4) is 0 Å². The quantitative estimate of drug-likeness (QED) is 0.225. The fraction of sp³-hybridized carbons (Fsp3) is 0.433. The first kappa shape index (κ1) is 30.0. The molecule has 0 aliphatic carbocycles. The molecule has 2 amide bonds. The van der Waals surface area contributed by atoms with Crippen LogP contribution in [0.1, 0.15) is 30.0 Å². The lowest BCUT2D eigenvalue weighted by Gasteiger charge is -2.45. The highest BCUT2D eigenvalue weighted by Crippen LogP contribution is 2.43. The highest BCUT2D eigenvalue weighted by atomic mass is 35.5. The van der Waals surface area contributed by atoms with Gasteiger partial charge in [0.1, 0.15) is 31.5 Å². The first-order valence-electron chi connectivity index (χ1n) is 13.3. The van der Waals surface area contributed by atoms with E-state index < -0.39 is 22.0 Å². The van der Waals surface area contributed by atoms with E-state index in [1.807, 2.05) is 42.2 Å². The molecule has 0 radical (unpaired) electrons. The van der Waals surface area contributed by atoms with Crippen LogP contribution in [0, 0.1) is 12.8 Å². The number of aryl methyl sites for hydroxylation is 1. The number of carbonyl (C=O) groups excluding carboxylic acids is 2. The maximum Gasteiger partial charge on any atom is 0.259 e. The summed E-state index contributed by atoms with van der Waals surface area (Å²) in [5.41, 5.74) is 5.13. The lowest BCUT2D eigenvalue weighted by molar-refractivity contribution is -0.129. The van der Waals surface area contributed by atoms with Gasteiger partial charge in [-0.05, 0) is 56.4 Å². The summed E-state index contributed by atoms with van der Waals surface area (Å²) in [6.45, 7) is 6.86. The molecule has 2 aliphatic heterocycles. The van der Waals surface area contributed by atoms with Crippen LogP contribution in [0.15, 0.2) is 60.2 Å². The maximum atomic E-state index is 14.5. The van der Waals surface area contributed by atoms with Gasteiger partial charge >= 0.3 is 0 Å². The van der Waals surface area contributed by atoms with Crippen molar-refractivity contribution in [2.45, 2.75) is 25.8 Å². The summed E-state index contributed by atoms with van der Waals surface area (Å²) in [5.74, 6) is 1.53. The van der Waals surface area contributed by atoms with Gasteiger partial charge in [0.2, 0.25) is 5.91 Å². The summed E-state index contributed by atoms with van der Waals surface area (Å²) in [6.07, 6.45) is 9.51. The summed E-state index contributed by atoms with van der Waals surface area (Å²) < 4.78 is 12.1. The third-order valence-corrected chi connectivity index (χ3v) is 8.58. The molecule has 2 aromatic carbocycles. The van der Waals surface area contributed by atoms with Crippen molar-refractivity contribution in [3.8, 4) is 5.75 Å². The number of hydrazone groups is 1. The van der Waals surface area contributed by atoms with E-state index in [9.17, 15) is 9.59 Å². The Labute approximate surface area is 243 Å². The van der Waals surface area contributed by atoms with Crippen molar-refractivity contribution < 1.29 is 19.1 Å². The van der Waals surface area contributed by atoms with Crippen molar-refractivity contribution in [2.24, 2.45) is 11.0 Å². The van der Waals surface area contributed by atoms with Crippen molar-refractivity contribution in [1.82, 2.24) is 10.3 Å². The van der Waals surface area contributed by atoms with E-state index in [4.69, 9.17) is 21.1 Å². The van der Waals surface area contributed by atoms with Crippen molar-refractivity contribution in [2.75, 3.05) is 55.9 Å². The molecule has 0 aromatic heterocycles. The smallest absolute Gasteiger partial charge is 0.259 e. The fourth-order valence-corrected chi connectivity index (χ4v) is 5.79. The average molecular weight is 587 g/mol. The van der Waals surface area contributed by atoms with Crippen LogP contribution < -0.4 is 15.1 Å². The van der Waals surface area contributed by atoms with Crippen LogP contribution in [-0.4, -0.2) is 73.6 Å². The van der Waals surface area contributed by atoms with Crippen LogP contribution >= 0.6 is 21.6 Å². The molecule has 1 saturated heterocycles. The number of hydrogen-bond acceptors (Lipinski definition) is 6. The van der Waals surface area contributed by atoms with Gasteiger partial charge in [0.05, 0.1) is 18.6 Å². The minimum atomic E-state index is -0.742. The second-order valence-electron chi connectivity index (χ2n) is 11.0. The van der Waals surface area contributed by atoms with Crippen molar-refractivity contribution >= 4 is 45.0 Å². The molecule has 10 heteroatoms. The predicted molar refractivity (Wildman–Crippen MR) is 165 cm³/mol. The van der Waals surface area contributed by atoms with Crippen LogP contribution in [0.5, 0.6) is 5.75 Å². The number of hydrogen-bond donors (Lipinski definition) is 1. The summed E-state index contributed by atoms with van der Waals surface area (Å²) in [4.78, 5) is 30.7. The number of fused-ring (bicyclic) bond motifs is 1. The molecule has 2 aromatic rings. The lowest BCUT2D eigenvalue weighted by atomic mass is 9.82. The van der Waals surface area contributed by atoms with E-state index in [1.54, 1.807) is 23.1 Å². The molecular formula is C30H39ClN4O4S. The Kier molecular flexibility index (Phi) is 9.81. The topological polar surface area (TPSA) is 83.5 Å². The Hall–Kier alpha value is -3.01. The summed E-state index contributed by atoms with van der Waals surface area (Å²) in [5, 5.41) is 4.87. The molecule has 2 aliphatic rings. The predicted octanol–water partition coefficient (Wildman–Crippen LogP) is 5.11. The minimum absolute atomic E-state index is 0.100. The molecule has 4 rings (SSSR count). The maximum absolute atomic E-state index is 14.5. The number of rotatable bonds is 11. The minimum Gasteiger partial charge on any atom is -0.489 e. The largest absolute Gasteiger partial charge is 0.489 e. The Morgan fingerprint density at radius 1 is 1.27 bits per heavy atom. The fourth-order valence-electron chi connectivity index (χ4n) is 4.99. The van der Waals surface area contributed by atoms with Gasteiger partial charge in [0.15, 0.2) is 0 Å². The third kappa shape index (κ3) is 7.38. The van der Waals surface area contributed by atoms with Crippen LogP contribution in [-0.2, 0) is 14.3 Å². The Morgan fingerprint density at radius 2 is 2.08 bits per heavy atom. The van der Waals surface area contributed by atoms with Crippen molar-refractivity contribution in [1.29, 1.82) is 0 Å². The van der Waals surface area contributed by atoms with E-state index in [1.165, 1.54) is 0 Å². The van der Waals surface area contributed by atoms with Crippen LogP contribution in [0.2, 0.25) is 5.02 Å². The molecular weight excluding hydrogens is 548 g/mol. The highest BCUT2D eigenvalue weighted by molar-refractivity contribution is 8.32. The summed E-state index contributed by atoms with van der Waals surface area (Å²) in [6, 6.07) is 12.7. The SMILES string of the molecule is C=CCOc1ccc(C)cc1[C@@H]1C(C(=O)N(COCCS(C)(C)C)c2cccc(Cl)c2)CCC2=NNC(=O)CN21. The Bertz CT molecular complexity index is 1280. The molecule has 0 saturated carbocycles. The second-order valence-corrected chi connectivity index (χ2v) is 16.0. The average Bonchev–Trinajstić information content (AvgIpc) is 2.90. The number of nitrogens with zero attached hydrogens (tertiary/aromatic N) is 3. The zero-order valence-electron chi connectivity index (χ0n) is 23.7. The number of piperidine rings is 1. The van der Waals surface area contributed by atoms with E-state index in [2.05, 4.69) is 35.9 Å². The number of amidine groups is 1. The van der Waals surface area contributed by atoms with E-state index >= 15 is 0 Å². The molecule has 0 spiro atoms. The third-order valence-electron chi connectivity index (χ3n) is 6.96. The van der Waals surface area contributed by atoms with E-state index in [0.29, 0.717) is 42.5 Å². The highest BCUT2D eigenvalue weighted by Gasteiger charge is 2.44. The zero-order valence-corrected chi connectivity index (χ0v) is 25.3. The molecule has 40 heavy (non-hydrogen) atoms.